The maximum atomic E-state index is 12.1. The highest BCUT2D eigenvalue weighted by Gasteiger charge is 2.22. The smallest absolute Gasteiger partial charge is 0.234 e. The lowest BCUT2D eigenvalue weighted by molar-refractivity contribution is -0.133. The summed E-state index contributed by atoms with van der Waals surface area (Å²) in [7, 11) is 0. The molecule has 1 heterocycles. The summed E-state index contributed by atoms with van der Waals surface area (Å²) in [6.07, 6.45) is 0.359. The van der Waals surface area contributed by atoms with E-state index in [1.807, 2.05) is 10.3 Å². The number of hydrogen-bond acceptors (Lipinski definition) is 4. The second-order valence-electron chi connectivity index (χ2n) is 6.16. The van der Waals surface area contributed by atoms with Gasteiger partial charge in [-0.25, -0.2) is 5.84 Å². The van der Waals surface area contributed by atoms with Gasteiger partial charge in [-0.3, -0.25) is 15.0 Å². The fraction of sp³-hybridized carbons (Fsp3) is 0.529. The topological polar surface area (TPSA) is 78.7 Å². The van der Waals surface area contributed by atoms with Crippen molar-refractivity contribution in [2.45, 2.75) is 33.6 Å². The lowest BCUT2D eigenvalue weighted by Gasteiger charge is -2.37. The number of anilines is 1. The van der Waals surface area contributed by atoms with Gasteiger partial charge in [0.1, 0.15) is 0 Å². The molecule has 0 aliphatic carbocycles. The minimum Gasteiger partial charge on any atom is -0.368 e. The minimum atomic E-state index is -0.303. The molecule has 1 aliphatic heterocycles. The van der Waals surface area contributed by atoms with Gasteiger partial charge >= 0.3 is 0 Å². The molecule has 2 amide bonds. The molecule has 0 radical (unpaired) electrons. The average molecular weight is 318 g/mol. The molecular formula is C17H26N4O2. The van der Waals surface area contributed by atoms with Crippen LogP contribution in [0.1, 0.15) is 29.5 Å². The van der Waals surface area contributed by atoms with E-state index in [4.69, 9.17) is 5.84 Å². The Hall–Kier alpha value is -2.08. The molecule has 0 unspecified atom stereocenters. The minimum absolute atomic E-state index is 0.0186. The van der Waals surface area contributed by atoms with E-state index in [1.54, 1.807) is 0 Å². The molecule has 1 saturated heterocycles. The number of benzene rings is 1. The Bertz CT molecular complexity index is 593. The Morgan fingerprint density at radius 2 is 1.61 bits per heavy atom. The molecule has 2 rings (SSSR count). The average Bonchev–Trinajstić information content (AvgIpc) is 2.55. The Kier molecular flexibility index (Phi) is 5.60. The van der Waals surface area contributed by atoms with Crippen LogP contribution in [0.3, 0.4) is 0 Å². The Morgan fingerprint density at radius 3 is 2.22 bits per heavy atom. The largest absolute Gasteiger partial charge is 0.368 e. The maximum absolute atomic E-state index is 12.1. The summed E-state index contributed by atoms with van der Waals surface area (Å²) < 4.78 is 0. The summed E-state index contributed by atoms with van der Waals surface area (Å²) in [6, 6.07) is 4.45. The molecular weight excluding hydrogens is 292 g/mol. The monoisotopic (exact) mass is 318 g/mol. The quantitative estimate of drug-likeness (QED) is 0.494. The normalized spacial score (nSPS) is 14.8. The van der Waals surface area contributed by atoms with Crippen molar-refractivity contribution >= 4 is 17.5 Å². The number of nitrogens with two attached hydrogens (primary N) is 1. The van der Waals surface area contributed by atoms with Gasteiger partial charge in [-0.1, -0.05) is 6.07 Å². The van der Waals surface area contributed by atoms with Crippen molar-refractivity contribution in [3.8, 4) is 0 Å². The third-order valence-corrected chi connectivity index (χ3v) is 4.51. The summed E-state index contributed by atoms with van der Waals surface area (Å²) in [5.74, 6) is 4.74. The SMILES string of the molecule is Cc1cc(C)c(N2CCN(C(=O)CCC(=O)NN)CC2)cc1C. The second kappa shape index (κ2) is 7.46. The zero-order valence-corrected chi connectivity index (χ0v) is 14.2. The second-order valence-corrected chi connectivity index (χ2v) is 6.16. The zero-order valence-electron chi connectivity index (χ0n) is 14.2. The predicted octanol–water partition coefficient (Wildman–Crippen LogP) is 1.03. The number of carbonyl (C=O) groups excluding carboxylic acids is 2. The summed E-state index contributed by atoms with van der Waals surface area (Å²) in [6.45, 7) is 9.40. The molecule has 0 bridgehead atoms. The highest BCUT2D eigenvalue weighted by molar-refractivity contribution is 5.83. The van der Waals surface area contributed by atoms with Crippen molar-refractivity contribution in [2.24, 2.45) is 5.84 Å². The van der Waals surface area contributed by atoms with Gasteiger partial charge in [0.05, 0.1) is 0 Å². The number of hydrogen-bond donors (Lipinski definition) is 2. The van der Waals surface area contributed by atoms with Gasteiger partial charge in [-0.05, 0) is 43.5 Å². The van der Waals surface area contributed by atoms with Gasteiger partial charge in [0, 0.05) is 44.7 Å². The van der Waals surface area contributed by atoms with E-state index >= 15 is 0 Å². The molecule has 0 saturated carbocycles. The molecule has 1 aliphatic rings. The third kappa shape index (κ3) is 4.22. The van der Waals surface area contributed by atoms with Gasteiger partial charge in [0.2, 0.25) is 11.8 Å². The molecule has 0 atom stereocenters. The van der Waals surface area contributed by atoms with E-state index in [-0.39, 0.29) is 24.7 Å². The van der Waals surface area contributed by atoms with Crippen molar-refractivity contribution in [1.82, 2.24) is 10.3 Å². The van der Waals surface area contributed by atoms with E-state index < -0.39 is 0 Å². The molecule has 126 valence electrons. The van der Waals surface area contributed by atoms with Gasteiger partial charge in [0.25, 0.3) is 0 Å². The van der Waals surface area contributed by atoms with Gasteiger partial charge in [-0.2, -0.15) is 0 Å². The van der Waals surface area contributed by atoms with E-state index in [0.29, 0.717) is 13.1 Å². The summed E-state index contributed by atoms with van der Waals surface area (Å²) in [5.41, 5.74) is 7.17. The standard InChI is InChI=1S/C17H26N4O2/c1-12-10-14(3)15(11-13(12)2)20-6-8-21(9-7-20)17(23)5-4-16(22)19-18/h10-11H,4-9,18H2,1-3H3,(H,19,22). The van der Waals surface area contributed by atoms with Crippen LogP contribution in [0.2, 0.25) is 0 Å². The zero-order chi connectivity index (χ0) is 17.0. The molecule has 1 fully saturated rings. The van der Waals surface area contributed by atoms with E-state index in [1.165, 1.54) is 22.4 Å². The number of amides is 2. The highest BCUT2D eigenvalue weighted by Crippen LogP contribution is 2.25. The van der Waals surface area contributed by atoms with Crippen molar-refractivity contribution in [3.05, 3.63) is 28.8 Å². The Labute approximate surface area is 137 Å². The molecule has 1 aromatic carbocycles. The van der Waals surface area contributed by atoms with E-state index in [2.05, 4.69) is 37.8 Å². The van der Waals surface area contributed by atoms with Crippen molar-refractivity contribution < 1.29 is 9.59 Å². The number of piperazine rings is 1. The fourth-order valence-corrected chi connectivity index (χ4v) is 2.93. The van der Waals surface area contributed by atoms with E-state index in [9.17, 15) is 9.59 Å². The van der Waals surface area contributed by atoms with Gasteiger partial charge < -0.3 is 9.80 Å². The molecule has 0 aromatic heterocycles. The van der Waals surface area contributed by atoms with Crippen molar-refractivity contribution in [2.75, 3.05) is 31.1 Å². The molecule has 3 N–H and O–H groups in total. The fourth-order valence-electron chi connectivity index (χ4n) is 2.93. The predicted molar refractivity (Wildman–Crippen MR) is 91.0 cm³/mol. The van der Waals surface area contributed by atoms with Crippen LogP contribution in [0, 0.1) is 20.8 Å². The highest BCUT2D eigenvalue weighted by atomic mass is 16.2. The lowest BCUT2D eigenvalue weighted by atomic mass is 10.0. The summed E-state index contributed by atoms with van der Waals surface area (Å²) in [5, 5.41) is 0. The maximum Gasteiger partial charge on any atom is 0.234 e. The first-order valence-electron chi connectivity index (χ1n) is 8.02. The molecule has 23 heavy (non-hydrogen) atoms. The van der Waals surface area contributed by atoms with Crippen LogP contribution >= 0.6 is 0 Å². The summed E-state index contributed by atoms with van der Waals surface area (Å²) >= 11 is 0. The van der Waals surface area contributed by atoms with Gasteiger partial charge in [-0.15, -0.1) is 0 Å². The summed E-state index contributed by atoms with van der Waals surface area (Å²) in [4.78, 5) is 27.4. The van der Waals surface area contributed by atoms with Crippen molar-refractivity contribution in [1.29, 1.82) is 0 Å². The van der Waals surface area contributed by atoms with Crippen LogP contribution < -0.4 is 16.2 Å². The molecule has 0 spiro atoms. The first-order valence-corrected chi connectivity index (χ1v) is 8.02. The van der Waals surface area contributed by atoms with Crippen LogP contribution in [-0.4, -0.2) is 42.9 Å². The Balaban J connectivity index is 1.92. The number of nitrogens with one attached hydrogen (secondary N) is 1. The van der Waals surface area contributed by atoms with Crippen molar-refractivity contribution in [3.63, 3.8) is 0 Å². The van der Waals surface area contributed by atoms with E-state index in [0.717, 1.165) is 13.1 Å². The first kappa shape index (κ1) is 17.3. The third-order valence-electron chi connectivity index (χ3n) is 4.51. The van der Waals surface area contributed by atoms with Crippen LogP contribution in [0.15, 0.2) is 12.1 Å². The molecule has 1 aromatic rings. The van der Waals surface area contributed by atoms with Crippen LogP contribution in [-0.2, 0) is 9.59 Å². The molecule has 6 nitrogen and oxygen atoms in total. The number of hydrazine groups is 1. The van der Waals surface area contributed by atoms with Crippen LogP contribution in [0.4, 0.5) is 5.69 Å². The van der Waals surface area contributed by atoms with Gasteiger partial charge in [0.15, 0.2) is 0 Å². The Morgan fingerprint density at radius 1 is 1.00 bits per heavy atom. The lowest BCUT2D eigenvalue weighted by Crippen LogP contribution is -2.49. The van der Waals surface area contributed by atoms with Crippen LogP contribution in [0.5, 0.6) is 0 Å². The number of aryl methyl sites for hydroxylation is 3. The first-order chi connectivity index (χ1) is 10.9. The number of rotatable bonds is 4. The van der Waals surface area contributed by atoms with Crippen LogP contribution in [0.25, 0.3) is 0 Å². The number of carbonyl (C=O) groups is 2. The number of nitrogens with zero attached hydrogens (tertiary/aromatic N) is 2. The molecule has 6 heteroatoms.